The molecule has 0 amide bonds. The molecule has 11 heteroatoms. The van der Waals surface area contributed by atoms with Gasteiger partial charge in [-0.15, -0.1) is 0 Å². The van der Waals surface area contributed by atoms with Gasteiger partial charge in [0.15, 0.2) is 5.54 Å². The lowest BCUT2D eigenvalue weighted by Gasteiger charge is -2.47. The predicted octanol–water partition coefficient (Wildman–Crippen LogP) is 6.11. The summed E-state index contributed by atoms with van der Waals surface area (Å²) in [5.74, 6) is 2.39. The number of nitrogens with zero attached hydrogens (tertiary/aromatic N) is 4. The van der Waals surface area contributed by atoms with Crippen LogP contribution in [0.4, 0.5) is 5.69 Å². The summed E-state index contributed by atoms with van der Waals surface area (Å²) < 4.78 is 53.2. The van der Waals surface area contributed by atoms with E-state index >= 15 is 0 Å². The first-order chi connectivity index (χ1) is 26.6. The van der Waals surface area contributed by atoms with Crippen LogP contribution in [0, 0.1) is 0 Å². The Bertz CT molecular complexity index is 2450. The fourth-order valence-corrected chi connectivity index (χ4v) is 10.8. The van der Waals surface area contributed by atoms with Gasteiger partial charge in [-0.05, 0) is 102 Å². The highest BCUT2D eigenvalue weighted by Crippen LogP contribution is 2.52. The van der Waals surface area contributed by atoms with Crippen molar-refractivity contribution in [3.05, 3.63) is 80.9 Å². The van der Waals surface area contributed by atoms with Gasteiger partial charge in [-0.1, -0.05) is 6.08 Å². The molecule has 0 spiro atoms. The number of aryl methyl sites for hydroxylation is 2. The maximum atomic E-state index is 12.1. The molecule has 3 aromatic rings. The highest BCUT2D eigenvalue weighted by molar-refractivity contribution is 7.85. The van der Waals surface area contributed by atoms with E-state index in [1.807, 2.05) is 6.92 Å². The van der Waals surface area contributed by atoms with Crippen molar-refractivity contribution in [1.82, 2.24) is 9.14 Å². The van der Waals surface area contributed by atoms with Gasteiger partial charge in [0.25, 0.3) is 15.9 Å². The van der Waals surface area contributed by atoms with Gasteiger partial charge in [0.1, 0.15) is 30.4 Å². The van der Waals surface area contributed by atoms with Gasteiger partial charge in [-0.25, -0.2) is 13.7 Å². The zero-order valence-electron chi connectivity index (χ0n) is 34.3. The molecule has 1 N–H and O–H groups in total. The Hall–Kier alpha value is -4.22. The number of esters is 1. The van der Waals surface area contributed by atoms with Crippen molar-refractivity contribution in [1.29, 1.82) is 0 Å². The number of rotatable bonds is 12. The Morgan fingerprint density at radius 3 is 2.48 bits per heavy atom. The van der Waals surface area contributed by atoms with Crippen molar-refractivity contribution in [2.75, 3.05) is 30.3 Å². The monoisotopic (exact) mass is 782 g/mol. The molecule has 10 nitrogen and oxygen atoms in total. The number of hydrogen-bond donors (Lipinski definition) is 1. The minimum Gasteiger partial charge on any atom is -0.466 e. The number of aromatic nitrogens is 2. The van der Waals surface area contributed by atoms with Crippen LogP contribution in [0.2, 0.25) is 0 Å². The van der Waals surface area contributed by atoms with E-state index in [0.29, 0.717) is 19.6 Å². The van der Waals surface area contributed by atoms with Crippen molar-refractivity contribution in [3.63, 3.8) is 0 Å². The second-order valence-electron chi connectivity index (χ2n) is 17.5. The molecule has 0 bridgehead atoms. The number of carbonyl (C=O) groups is 1. The number of ether oxygens (including phenoxy) is 2. The van der Waals surface area contributed by atoms with E-state index in [9.17, 15) is 17.8 Å². The summed E-state index contributed by atoms with van der Waals surface area (Å²) in [6.45, 7) is 19.0. The first-order valence-corrected chi connectivity index (χ1v) is 22.3. The van der Waals surface area contributed by atoms with Crippen molar-refractivity contribution >= 4 is 38.5 Å². The molecular formula is C45H58N4O6S+2. The average Bonchev–Trinajstić information content (AvgIpc) is 3.52. The standard InChI is InChI=1S/C45H57N4O6S/c1-8-54-37(50)17-10-9-11-18-46-22-23-47(19-14-24-56(51,52)53)43(46)38-35-25-33-29(2)27-44(4,5)48-20-12-15-31(39(33)48)41(35)55-42-32-16-13-21-49-40(32)34(26-36(38)42)30(3)28-45(49,6)7/h22-23,25-28H,8-21,24H2,1-7H3/q+1/p+1. The number of anilines is 1. The molecule has 1 aromatic heterocycles. The van der Waals surface area contributed by atoms with Crippen molar-refractivity contribution < 1.29 is 31.8 Å². The number of carbonyl (C=O) groups excluding carboxylic acids is 1. The molecule has 6 heterocycles. The van der Waals surface area contributed by atoms with Crippen LogP contribution in [0.25, 0.3) is 16.7 Å². The van der Waals surface area contributed by atoms with Gasteiger partial charge in [0.05, 0.1) is 47.8 Å². The van der Waals surface area contributed by atoms with Gasteiger partial charge in [-0.2, -0.15) is 8.42 Å². The fourth-order valence-electron chi connectivity index (χ4n) is 10.3. The third-order valence-corrected chi connectivity index (χ3v) is 13.4. The Morgan fingerprint density at radius 1 is 0.946 bits per heavy atom. The van der Waals surface area contributed by atoms with Gasteiger partial charge in [0.2, 0.25) is 5.36 Å². The van der Waals surface area contributed by atoms with E-state index in [2.05, 4.69) is 96.8 Å². The Labute approximate surface area is 331 Å². The maximum Gasteiger partial charge on any atom is 0.305 e. The predicted molar refractivity (Wildman–Crippen MR) is 220 cm³/mol. The molecule has 56 heavy (non-hydrogen) atoms. The fraction of sp³-hybridized carbons (Fsp3) is 0.533. The summed E-state index contributed by atoms with van der Waals surface area (Å²) in [6, 6.07) is 4.71. The van der Waals surface area contributed by atoms with Crippen LogP contribution in [0.1, 0.15) is 127 Å². The van der Waals surface area contributed by atoms with E-state index in [1.165, 1.54) is 44.4 Å². The topological polar surface area (TPSA) is 105 Å². The lowest BCUT2D eigenvalue weighted by molar-refractivity contribution is -0.698. The number of imidazole rings is 1. The van der Waals surface area contributed by atoms with Gasteiger partial charge >= 0.3 is 5.97 Å². The number of allylic oxidation sites excluding steroid dienone is 2. The van der Waals surface area contributed by atoms with Gasteiger partial charge in [0, 0.05) is 67.1 Å². The molecule has 0 unspecified atom stereocenters. The van der Waals surface area contributed by atoms with Crippen LogP contribution in [0.5, 0.6) is 11.5 Å². The Kier molecular flexibility index (Phi) is 9.87. The van der Waals surface area contributed by atoms with Crippen molar-refractivity contribution in [2.45, 2.75) is 130 Å². The summed E-state index contributed by atoms with van der Waals surface area (Å²) in [5, 5.41) is 2.35. The summed E-state index contributed by atoms with van der Waals surface area (Å²) in [6.07, 6.45) is 16.0. The van der Waals surface area contributed by atoms with Crippen LogP contribution in [-0.4, -0.2) is 60.0 Å². The van der Waals surface area contributed by atoms with Crippen LogP contribution in [0.3, 0.4) is 0 Å². The second-order valence-corrected chi connectivity index (χ2v) is 19.0. The van der Waals surface area contributed by atoms with Crippen molar-refractivity contribution in [2.24, 2.45) is 0 Å². The van der Waals surface area contributed by atoms with Crippen molar-refractivity contribution in [3.8, 4) is 11.5 Å². The van der Waals surface area contributed by atoms with Gasteiger partial charge < -0.3 is 14.4 Å². The number of fused-ring (bicyclic) bond motifs is 4. The quantitative estimate of drug-likeness (QED) is 0.0801. The zero-order chi connectivity index (χ0) is 39.7. The molecule has 298 valence electrons. The van der Waals surface area contributed by atoms with E-state index in [4.69, 9.17) is 9.47 Å². The SMILES string of the molecule is CCOC(=O)CCCCCn1cc[n+](CCCS(=O)(=O)O)c1C1=c2cc3c4c(c2Oc2c1cc1c5c2CCCN5C(C)(C)C=C1C)CCC[N+]=4C(C)(C)C=C3C. The Balaban J connectivity index is 1.39. The molecule has 0 aliphatic carbocycles. The van der Waals surface area contributed by atoms with Crippen LogP contribution in [-0.2, 0) is 45.6 Å². The minimum atomic E-state index is -4.13. The van der Waals surface area contributed by atoms with E-state index in [1.54, 1.807) is 0 Å². The number of hydrogen-bond acceptors (Lipinski definition) is 6. The Morgan fingerprint density at radius 2 is 1.71 bits per heavy atom. The molecule has 0 fully saturated rings. The minimum absolute atomic E-state index is 0.126. The molecule has 2 aromatic carbocycles. The smallest absolute Gasteiger partial charge is 0.305 e. The second kappa shape index (κ2) is 14.3. The molecule has 5 aliphatic heterocycles. The molecule has 8 rings (SSSR count). The molecule has 0 atom stereocenters. The lowest BCUT2D eigenvalue weighted by atomic mass is 9.80. The number of benzene rings is 2. The molecule has 0 saturated carbocycles. The molecule has 0 radical (unpaired) electrons. The first kappa shape index (κ1) is 38.6. The van der Waals surface area contributed by atoms with Crippen LogP contribution in [0.15, 0.2) is 36.7 Å². The highest BCUT2D eigenvalue weighted by atomic mass is 32.2. The van der Waals surface area contributed by atoms with Crippen LogP contribution >= 0.6 is 0 Å². The summed E-state index contributed by atoms with van der Waals surface area (Å²) in [4.78, 5) is 14.7. The van der Waals surface area contributed by atoms with Gasteiger partial charge in [-0.3, -0.25) is 9.35 Å². The normalized spacial score (nSPS) is 18.6. The summed E-state index contributed by atoms with van der Waals surface area (Å²) in [7, 11) is -4.13. The number of unbranched alkanes of at least 4 members (excludes halogenated alkanes) is 2. The zero-order valence-corrected chi connectivity index (χ0v) is 35.1. The third kappa shape index (κ3) is 6.72. The molecule has 0 saturated heterocycles. The summed E-state index contributed by atoms with van der Waals surface area (Å²) >= 11 is 0. The van der Waals surface area contributed by atoms with Crippen LogP contribution < -0.4 is 29.4 Å². The van der Waals surface area contributed by atoms with E-state index < -0.39 is 10.1 Å². The van der Waals surface area contributed by atoms with E-state index in [-0.39, 0.29) is 29.2 Å². The molecule has 5 aliphatic rings. The average molecular weight is 783 g/mol. The lowest BCUT2D eigenvalue weighted by Crippen LogP contribution is -2.53. The third-order valence-electron chi connectivity index (χ3n) is 12.6. The first-order valence-electron chi connectivity index (χ1n) is 20.7. The molecular weight excluding hydrogens is 725 g/mol. The maximum absolute atomic E-state index is 12.1. The largest absolute Gasteiger partial charge is 0.466 e. The highest BCUT2D eigenvalue weighted by Gasteiger charge is 2.43. The summed E-state index contributed by atoms with van der Waals surface area (Å²) in [5.41, 5.74) is 10.7. The van der Waals surface area contributed by atoms with E-state index in [0.717, 1.165) is 98.3 Å².